The monoisotopic (exact) mass is 363 g/mol. The molecule has 1 atom stereocenters. The van der Waals surface area contributed by atoms with Gasteiger partial charge in [-0.05, 0) is 31.0 Å². The Labute approximate surface area is 132 Å². The summed E-state index contributed by atoms with van der Waals surface area (Å²) in [5.74, 6) is 0.477. The van der Waals surface area contributed by atoms with Crippen LogP contribution in [-0.4, -0.2) is 29.3 Å². The number of alkyl halides is 1. The lowest BCUT2D eigenvalue weighted by Crippen LogP contribution is -2.41. The van der Waals surface area contributed by atoms with E-state index < -0.39 is 0 Å². The van der Waals surface area contributed by atoms with Crippen molar-refractivity contribution < 1.29 is 4.79 Å². The van der Waals surface area contributed by atoms with Crippen molar-refractivity contribution in [1.29, 1.82) is 0 Å². The Morgan fingerprint density at radius 3 is 2.84 bits per heavy atom. The minimum Gasteiger partial charge on any atom is -0.334 e. The molecule has 0 aliphatic carbocycles. The fraction of sp³-hybridized carbons (Fsp3) is 0.500. The summed E-state index contributed by atoms with van der Waals surface area (Å²) in [4.78, 5) is 14.5. The molecule has 0 saturated carbocycles. The van der Waals surface area contributed by atoms with Crippen molar-refractivity contribution in [2.75, 3.05) is 12.4 Å². The van der Waals surface area contributed by atoms with E-state index >= 15 is 0 Å². The number of carbonyl (C=O) groups excluding carboxylic acids is 1. The molecule has 2 rings (SSSR count). The fourth-order valence-electron chi connectivity index (χ4n) is 2.42. The molecule has 5 heteroatoms. The third-order valence-electron chi connectivity index (χ3n) is 3.48. The van der Waals surface area contributed by atoms with E-state index in [2.05, 4.69) is 15.9 Å². The molecule has 1 saturated heterocycles. The third-order valence-corrected chi connectivity index (χ3v) is 4.64. The van der Waals surface area contributed by atoms with E-state index in [0.717, 1.165) is 36.7 Å². The lowest BCUT2D eigenvalue weighted by molar-refractivity contribution is 0.0700. The maximum Gasteiger partial charge on any atom is 0.255 e. The summed E-state index contributed by atoms with van der Waals surface area (Å²) in [5.41, 5.74) is 0.557. The van der Waals surface area contributed by atoms with Crippen molar-refractivity contribution >= 4 is 45.0 Å². The highest BCUT2D eigenvalue weighted by Gasteiger charge is 2.26. The van der Waals surface area contributed by atoms with Gasteiger partial charge in [-0.25, -0.2) is 0 Å². The van der Waals surface area contributed by atoms with Gasteiger partial charge in [-0.3, -0.25) is 4.79 Å². The van der Waals surface area contributed by atoms with Crippen LogP contribution in [-0.2, 0) is 0 Å². The van der Waals surface area contributed by atoms with Crippen LogP contribution in [0.5, 0.6) is 0 Å². The maximum atomic E-state index is 12.6. The number of halogens is 3. The van der Waals surface area contributed by atoms with Crippen LogP contribution < -0.4 is 0 Å². The Balaban J connectivity index is 2.25. The van der Waals surface area contributed by atoms with Gasteiger partial charge >= 0.3 is 0 Å². The highest BCUT2D eigenvalue weighted by molar-refractivity contribution is 9.10. The van der Waals surface area contributed by atoms with Gasteiger partial charge < -0.3 is 4.90 Å². The van der Waals surface area contributed by atoms with Crippen LogP contribution in [0.2, 0.25) is 5.02 Å². The van der Waals surface area contributed by atoms with Crippen LogP contribution in [0.1, 0.15) is 36.0 Å². The summed E-state index contributed by atoms with van der Waals surface area (Å²) < 4.78 is 0.874. The molecule has 1 fully saturated rings. The zero-order chi connectivity index (χ0) is 13.8. The van der Waals surface area contributed by atoms with Crippen molar-refractivity contribution in [2.24, 2.45) is 0 Å². The van der Waals surface area contributed by atoms with Crippen LogP contribution in [0.3, 0.4) is 0 Å². The quantitative estimate of drug-likeness (QED) is 0.695. The molecular formula is C14H16BrCl2NO. The number of amides is 1. The fourth-order valence-corrected chi connectivity index (χ4v) is 3.50. The Bertz CT molecular complexity index is 467. The molecular weight excluding hydrogens is 349 g/mol. The molecule has 1 aliphatic heterocycles. The van der Waals surface area contributed by atoms with Gasteiger partial charge in [-0.15, -0.1) is 11.6 Å². The summed E-state index contributed by atoms with van der Waals surface area (Å²) in [7, 11) is 0. The second-order valence-corrected chi connectivity index (χ2v) is 6.41. The number of likely N-dealkylation sites (tertiary alicyclic amines) is 1. The van der Waals surface area contributed by atoms with Crippen molar-refractivity contribution in [3.63, 3.8) is 0 Å². The molecule has 0 spiro atoms. The van der Waals surface area contributed by atoms with E-state index in [1.54, 1.807) is 12.1 Å². The average molecular weight is 365 g/mol. The molecule has 1 amide bonds. The zero-order valence-corrected chi connectivity index (χ0v) is 13.6. The van der Waals surface area contributed by atoms with Crippen LogP contribution in [0.4, 0.5) is 0 Å². The van der Waals surface area contributed by atoms with Gasteiger partial charge in [0.1, 0.15) is 0 Å². The summed E-state index contributed by atoms with van der Waals surface area (Å²) in [5, 5.41) is 0.483. The number of nitrogens with zero attached hydrogens (tertiary/aromatic N) is 1. The van der Waals surface area contributed by atoms with Gasteiger partial charge in [0.05, 0.1) is 10.6 Å². The van der Waals surface area contributed by atoms with E-state index in [1.807, 2.05) is 11.0 Å². The molecule has 0 bridgehead atoms. The molecule has 1 aromatic rings. The van der Waals surface area contributed by atoms with E-state index in [1.165, 1.54) is 0 Å². The van der Waals surface area contributed by atoms with Crippen LogP contribution in [0.25, 0.3) is 0 Å². The van der Waals surface area contributed by atoms with Crippen molar-refractivity contribution in [3.05, 3.63) is 33.3 Å². The Morgan fingerprint density at radius 1 is 1.37 bits per heavy atom. The van der Waals surface area contributed by atoms with Gasteiger partial charge in [0.15, 0.2) is 0 Å². The zero-order valence-electron chi connectivity index (χ0n) is 10.5. The predicted molar refractivity (Wildman–Crippen MR) is 83.2 cm³/mol. The van der Waals surface area contributed by atoms with E-state index in [4.69, 9.17) is 23.2 Å². The highest BCUT2D eigenvalue weighted by atomic mass is 79.9. The summed E-state index contributed by atoms with van der Waals surface area (Å²) in [6.45, 7) is 0.766. The Kier molecular flexibility index (Phi) is 5.55. The first-order valence-electron chi connectivity index (χ1n) is 6.45. The smallest absolute Gasteiger partial charge is 0.255 e. The molecule has 19 heavy (non-hydrogen) atoms. The maximum absolute atomic E-state index is 12.6. The molecule has 0 aromatic heterocycles. The first-order valence-corrected chi connectivity index (χ1v) is 8.16. The van der Waals surface area contributed by atoms with Crippen LogP contribution in [0, 0.1) is 0 Å². The van der Waals surface area contributed by atoms with Crippen LogP contribution >= 0.6 is 39.1 Å². The normalized spacial score (nSPS) is 20.2. The van der Waals surface area contributed by atoms with Gasteiger partial charge in [0, 0.05) is 22.9 Å². The number of benzene rings is 1. The van der Waals surface area contributed by atoms with Gasteiger partial charge in [0.2, 0.25) is 0 Å². The summed E-state index contributed by atoms with van der Waals surface area (Å²) in [6.07, 6.45) is 4.30. The minimum atomic E-state index is -0.00921. The van der Waals surface area contributed by atoms with Crippen molar-refractivity contribution in [2.45, 2.75) is 31.7 Å². The SMILES string of the molecule is O=C(c1ccc(Br)cc1Cl)N1CCCCCC1CCl. The highest BCUT2D eigenvalue weighted by Crippen LogP contribution is 2.26. The second-order valence-electron chi connectivity index (χ2n) is 4.78. The van der Waals surface area contributed by atoms with E-state index in [0.29, 0.717) is 16.5 Å². The first kappa shape index (κ1) is 15.1. The van der Waals surface area contributed by atoms with Gasteiger partial charge in [0.25, 0.3) is 5.91 Å². The van der Waals surface area contributed by atoms with Gasteiger partial charge in [-0.2, -0.15) is 0 Å². The minimum absolute atomic E-state index is 0.00921. The van der Waals surface area contributed by atoms with Crippen molar-refractivity contribution in [3.8, 4) is 0 Å². The third kappa shape index (κ3) is 3.65. The molecule has 0 N–H and O–H groups in total. The lowest BCUT2D eigenvalue weighted by atomic mass is 10.1. The molecule has 1 heterocycles. The molecule has 1 unspecified atom stereocenters. The number of carbonyl (C=O) groups is 1. The van der Waals surface area contributed by atoms with Crippen LogP contribution in [0.15, 0.2) is 22.7 Å². The predicted octanol–water partition coefficient (Wildman–Crippen LogP) is 4.73. The Morgan fingerprint density at radius 2 is 2.16 bits per heavy atom. The molecule has 2 nitrogen and oxygen atoms in total. The first-order chi connectivity index (χ1) is 9.13. The average Bonchev–Trinajstić information content (AvgIpc) is 2.63. The van der Waals surface area contributed by atoms with E-state index in [9.17, 15) is 4.79 Å². The standard InChI is InChI=1S/C14H16BrCl2NO/c15-10-5-6-12(13(17)8-10)14(19)18-7-3-1-2-4-11(18)9-16/h5-6,8,11H,1-4,7,9H2. The summed E-state index contributed by atoms with van der Waals surface area (Å²) in [6, 6.07) is 5.48. The molecule has 1 aliphatic rings. The topological polar surface area (TPSA) is 20.3 Å². The Hall–Kier alpha value is -0.250. The number of rotatable bonds is 2. The number of hydrogen-bond donors (Lipinski definition) is 0. The number of hydrogen-bond acceptors (Lipinski definition) is 1. The second kappa shape index (κ2) is 6.96. The largest absolute Gasteiger partial charge is 0.334 e. The van der Waals surface area contributed by atoms with Gasteiger partial charge in [-0.1, -0.05) is 40.4 Å². The molecule has 104 valence electrons. The molecule has 0 radical (unpaired) electrons. The van der Waals surface area contributed by atoms with E-state index in [-0.39, 0.29) is 11.9 Å². The molecule has 1 aromatic carbocycles. The van der Waals surface area contributed by atoms with Crippen molar-refractivity contribution in [1.82, 2.24) is 4.90 Å². The summed E-state index contributed by atoms with van der Waals surface area (Å²) >= 11 is 15.5. The lowest BCUT2D eigenvalue weighted by Gasteiger charge is -2.29.